The average Bonchev–Trinajstić information content (AvgIpc) is 3.28. The fourth-order valence-electron chi connectivity index (χ4n) is 2.75. The number of benzene rings is 2. The van der Waals surface area contributed by atoms with Crippen molar-refractivity contribution in [3.05, 3.63) is 58.2 Å². The molecule has 0 fully saturated rings. The Labute approximate surface area is 157 Å². The van der Waals surface area contributed by atoms with Crippen LogP contribution in [0.5, 0.6) is 0 Å². The molecule has 0 aliphatic heterocycles. The first kappa shape index (κ1) is 16.6. The van der Waals surface area contributed by atoms with Gasteiger partial charge in [-0.15, -0.1) is 10.2 Å². The molecule has 0 radical (unpaired) electrons. The Kier molecular flexibility index (Phi) is 4.10. The number of fused-ring (bicyclic) bond motifs is 1. The third-order valence-corrected chi connectivity index (χ3v) is 4.91. The van der Waals surface area contributed by atoms with Crippen molar-refractivity contribution in [3.63, 3.8) is 0 Å². The summed E-state index contributed by atoms with van der Waals surface area (Å²) in [6.07, 6.45) is 0. The molecule has 0 unspecified atom stereocenters. The van der Waals surface area contributed by atoms with Crippen LogP contribution in [0.1, 0.15) is 10.5 Å². The molecule has 2 heterocycles. The molecule has 7 nitrogen and oxygen atoms in total. The van der Waals surface area contributed by atoms with E-state index in [2.05, 4.69) is 25.9 Å². The second-order valence-electron chi connectivity index (χ2n) is 5.65. The van der Waals surface area contributed by atoms with Crippen molar-refractivity contribution < 1.29 is 4.79 Å². The molecule has 1 amide bonds. The number of nitrogens with one attached hydrogen (secondary N) is 2. The van der Waals surface area contributed by atoms with Gasteiger partial charge in [0.05, 0.1) is 10.0 Å². The lowest BCUT2D eigenvalue weighted by atomic mass is 10.2. The Balaban J connectivity index is 1.61. The van der Waals surface area contributed by atoms with Gasteiger partial charge in [0.1, 0.15) is 5.69 Å². The van der Waals surface area contributed by atoms with Crippen molar-refractivity contribution in [2.45, 2.75) is 0 Å². The zero-order valence-electron chi connectivity index (χ0n) is 13.5. The number of nitrogens with zero attached hydrogens (tertiary/aromatic N) is 4. The Hall–Kier alpha value is -2.90. The minimum atomic E-state index is -0.247. The van der Waals surface area contributed by atoms with Crippen molar-refractivity contribution in [1.82, 2.24) is 25.2 Å². The van der Waals surface area contributed by atoms with Gasteiger partial charge in [0, 0.05) is 29.2 Å². The first-order valence-corrected chi connectivity index (χ1v) is 8.39. The van der Waals surface area contributed by atoms with Crippen LogP contribution in [-0.2, 0) is 7.05 Å². The molecule has 0 bridgehead atoms. The van der Waals surface area contributed by atoms with Gasteiger partial charge in [-0.2, -0.15) is 5.21 Å². The number of hydrogen-bond donors (Lipinski definition) is 2. The van der Waals surface area contributed by atoms with Crippen LogP contribution in [-0.4, -0.2) is 31.1 Å². The molecule has 0 saturated heterocycles. The molecule has 4 aromatic rings. The van der Waals surface area contributed by atoms with Crippen LogP contribution in [0.25, 0.3) is 22.3 Å². The maximum Gasteiger partial charge on any atom is 0.272 e. The van der Waals surface area contributed by atoms with E-state index in [1.807, 2.05) is 6.07 Å². The van der Waals surface area contributed by atoms with E-state index in [9.17, 15) is 4.79 Å². The van der Waals surface area contributed by atoms with E-state index < -0.39 is 0 Å². The molecule has 2 aromatic carbocycles. The van der Waals surface area contributed by atoms with Gasteiger partial charge in [-0.1, -0.05) is 23.2 Å². The molecular weight excluding hydrogens is 375 g/mol. The topological polar surface area (TPSA) is 88.5 Å². The average molecular weight is 387 g/mol. The van der Waals surface area contributed by atoms with Gasteiger partial charge in [0.25, 0.3) is 5.91 Å². The van der Waals surface area contributed by atoms with E-state index in [-0.39, 0.29) is 5.91 Å². The smallest absolute Gasteiger partial charge is 0.272 e. The lowest BCUT2D eigenvalue weighted by Crippen LogP contribution is -2.15. The second kappa shape index (κ2) is 6.44. The quantitative estimate of drug-likeness (QED) is 0.558. The third kappa shape index (κ3) is 2.81. The van der Waals surface area contributed by atoms with Crippen LogP contribution in [0.4, 0.5) is 5.69 Å². The molecule has 2 aromatic heterocycles. The summed E-state index contributed by atoms with van der Waals surface area (Å²) < 4.78 is 1.78. The van der Waals surface area contributed by atoms with Crippen molar-refractivity contribution >= 4 is 45.7 Å². The van der Waals surface area contributed by atoms with Crippen LogP contribution < -0.4 is 5.32 Å². The third-order valence-electron chi connectivity index (χ3n) is 4.09. The molecule has 26 heavy (non-hydrogen) atoms. The number of amides is 1. The van der Waals surface area contributed by atoms with E-state index in [0.29, 0.717) is 27.3 Å². The molecule has 0 atom stereocenters. The summed E-state index contributed by atoms with van der Waals surface area (Å²) in [7, 11) is 1.81. The van der Waals surface area contributed by atoms with E-state index in [4.69, 9.17) is 23.2 Å². The van der Waals surface area contributed by atoms with Crippen LogP contribution in [0.3, 0.4) is 0 Å². The molecule has 0 aliphatic rings. The van der Waals surface area contributed by atoms with E-state index >= 15 is 0 Å². The Morgan fingerprint density at radius 1 is 1.15 bits per heavy atom. The highest BCUT2D eigenvalue weighted by molar-refractivity contribution is 6.45. The lowest BCUT2D eigenvalue weighted by molar-refractivity contribution is 0.102. The van der Waals surface area contributed by atoms with Crippen LogP contribution in [0.2, 0.25) is 10.0 Å². The first-order chi connectivity index (χ1) is 12.5. The Bertz CT molecular complexity index is 1100. The van der Waals surface area contributed by atoms with Crippen molar-refractivity contribution in [2.24, 2.45) is 7.05 Å². The van der Waals surface area contributed by atoms with Crippen LogP contribution >= 0.6 is 23.2 Å². The van der Waals surface area contributed by atoms with Gasteiger partial charge in [-0.25, -0.2) is 0 Å². The fraction of sp³-hybridized carbons (Fsp3) is 0.0588. The SMILES string of the molecule is Cn1c(C(=O)Nc2ccc(-c3nn[nH]n3)cc2)cc2c(Cl)c(Cl)ccc21. The summed E-state index contributed by atoms with van der Waals surface area (Å²) in [4.78, 5) is 12.7. The number of carbonyl (C=O) groups excluding carboxylic acids is 1. The van der Waals surface area contributed by atoms with Gasteiger partial charge in [-0.05, 0) is 47.7 Å². The number of carbonyl (C=O) groups is 1. The number of tetrazole rings is 1. The standard InChI is InChI=1S/C17H12Cl2N6O/c1-25-13-7-6-12(18)15(19)11(13)8-14(25)17(26)20-10-4-2-9(3-5-10)16-21-23-24-22-16/h2-8H,1H3,(H,20,26)(H,21,22,23,24). The summed E-state index contributed by atoms with van der Waals surface area (Å²) in [5, 5.41) is 18.2. The predicted molar refractivity (Wildman–Crippen MR) is 101 cm³/mol. The van der Waals surface area contributed by atoms with Crippen LogP contribution in [0.15, 0.2) is 42.5 Å². The molecule has 130 valence electrons. The number of hydrogen-bond acceptors (Lipinski definition) is 4. The highest BCUT2D eigenvalue weighted by Crippen LogP contribution is 2.32. The van der Waals surface area contributed by atoms with Crippen molar-refractivity contribution in [1.29, 1.82) is 0 Å². The zero-order chi connectivity index (χ0) is 18.3. The van der Waals surface area contributed by atoms with Crippen LogP contribution in [0, 0.1) is 0 Å². The number of H-pyrrole nitrogens is 1. The second-order valence-corrected chi connectivity index (χ2v) is 6.43. The molecule has 0 spiro atoms. The van der Waals surface area contributed by atoms with Crippen molar-refractivity contribution in [2.75, 3.05) is 5.32 Å². The first-order valence-electron chi connectivity index (χ1n) is 7.63. The summed E-state index contributed by atoms with van der Waals surface area (Å²) in [6, 6.07) is 12.4. The maximum absolute atomic E-state index is 12.7. The van der Waals surface area contributed by atoms with E-state index in [1.54, 1.807) is 48.0 Å². The van der Waals surface area contributed by atoms with E-state index in [1.165, 1.54) is 0 Å². The largest absolute Gasteiger partial charge is 0.340 e. The summed E-state index contributed by atoms with van der Waals surface area (Å²) in [5.74, 6) is 0.242. The summed E-state index contributed by atoms with van der Waals surface area (Å²) in [6.45, 7) is 0. The normalized spacial score (nSPS) is 11.0. The van der Waals surface area contributed by atoms with Gasteiger partial charge in [-0.3, -0.25) is 4.79 Å². The molecule has 2 N–H and O–H groups in total. The number of anilines is 1. The minimum absolute atomic E-state index is 0.247. The molecule has 0 saturated carbocycles. The predicted octanol–water partition coefficient (Wildman–Crippen LogP) is 3.92. The van der Waals surface area contributed by atoms with Gasteiger partial charge < -0.3 is 9.88 Å². The fourth-order valence-corrected chi connectivity index (χ4v) is 3.13. The summed E-state index contributed by atoms with van der Waals surface area (Å²) >= 11 is 12.3. The molecular formula is C17H12Cl2N6O. The lowest BCUT2D eigenvalue weighted by Gasteiger charge is -2.07. The van der Waals surface area contributed by atoms with Crippen molar-refractivity contribution in [3.8, 4) is 11.4 Å². The molecule has 9 heteroatoms. The Morgan fingerprint density at radius 3 is 2.62 bits per heavy atom. The minimum Gasteiger partial charge on any atom is -0.340 e. The number of halogens is 2. The zero-order valence-corrected chi connectivity index (χ0v) is 15.0. The molecule has 4 rings (SSSR count). The summed E-state index contributed by atoms with van der Waals surface area (Å²) in [5.41, 5.74) is 2.75. The monoisotopic (exact) mass is 386 g/mol. The highest BCUT2D eigenvalue weighted by Gasteiger charge is 2.16. The Morgan fingerprint density at radius 2 is 1.92 bits per heavy atom. The van der Waals surface area contributed by atoms with Gasteiger partial charge in [0.2, 0.25) is 5.82 Å². The number of aromatic nitrogens is 5. The van der Waals surface area contributed by atoms with Gasteiger partial charge in [0.15, 0.2) is 0 Å². The van der Waals surface area contributed by atoms with Gasteiger partial charge >= 0.3 is 0 Å². The number of aromatic amines is 1. The highest BCUT2D eigenvalue weighted by atomic mass is 35.5. The molecule has 0 aliphatic carbocycles. The van der Waals surface area contributed by atoms with E-state index in [0.717, 1.165) is 16.5 Å². The maximum atomic E-state index is 12.7. The number of aryl methyl sites for hydroxylation is 1. The number of rotatable bonds is 3.